The molecular weight excluding hydrogens is 433 g/mol. The number of methoxy groups -OCH3 is 1. The van der Waals surface area contributed by atoms with Crippen LogP contribution in [0.15, 0.2) is 42.6 Å². The average molecular weight is 458 g/mol. The fourth-order valence-electron chi connectivity index (χ4n) is 3.63. The third-order valence-electron chi connectivity index (χ3n) is 5.50. The van der Waals surface area contributed by atoms with Gasteiger partial charge in [0.25, 0.3) is 0 Å². The molecule has 0 radical (unpaired) electrons. The predicted molar refractivity (Wildman–Crippen MR) is 116 cm³/mol. The number of benzene rings is 1. The molecule has 2 aromatic heterocycles. The number of alkyl halides is 3. The molecule has 0 spiro atoms. The quantitative estimate of drug-likeness (QED) is 0.548. The van der Waals surface area contributed by atoms with Gasteiger partial charge in [-0.15, -0.1) is 0 Å². The second-order valence-electron chi connectivity index (χ2n) is 8.36. The van der Waals surface area contributed by atoms with Gasteiger partial charge in [0.2, 0.25) is 5.91 Å². The molecule has 2 heterocycles. The van der Waals surface area contributed by atoms with E-state index in [1.165, 1.54) is 7.11 Å². The molecule has 0 unspecified atom stereocenters. The van der Waals surface area contributed by atoms with E-state index < -0.39 is 11.7 Å². The molecular formula is C24H25F3N4O2. The molecule has 1 fully saturated rings. The number of aryl methyl sites for hydroxylation is 1. The molecule has 9 heteroatoms. The van der Waals surface area contributed by atoms with Crippen molar-refractivity contribution in [3.8, 4) is 11.4 Å². The molecule has 174 valence electrons. The van der Waals surface area contributed by atoms with Crippen molar-refractivity contribution < 1.29 is 22.7 Å². The lowest BCUT2D eigenvalue weighted by Gasteiger charge is -2.11. The Bertz CT molecular complexity index is 1150. The molecule has 0 bridgehead atoms. The number of nitrogens with one attached hydrogen (secondary N) is 1. The fourth-order valence-corrected chi connectivity index (χ4v) is 3.63. The summed E-state index contributed by atoms with van der Waals surface area (Å²) < 4.78 is 46.6. The number of pyridine rings is 1. The van der Waals surface area contributed by atoms with E-state index in [4.69, 9.17) is 4.74 Å². The minimum atomic E-state index is -4.48. The molecule has 1 aromatic carbocycles. The van der Waals surface area contributed by atoms with E-state index in [1.54, 1.807) is 29.1 Å². The van der Waals surface area contributed by atoms with Crippen molar-refractivity contribution in [2.45, 2.75) is 38.8 Å². The maximum absolute atomic E-state index is 13.3. The highest BCUT2D eigenvalue weighted by atomic mass is 19.4. The van der Waals surface area contributed by atoms with Gasteiger partial charge in [-0.3, -0.25) is 9.78 Å². The number of hydrogen-bond donors (Lipinski definition) is 1. The molecule has 1 aliphatic carbocycles. The highest BCUT2D eigenvalue weighted by molar-refractivity contribution is 5.78. The zero-order valence-corrected chi connectivity index (χ0v) is 18.4. The number of hydrogen-bond acceptors (Lipinski definition) is 4. The van der Waals surface area contributed by atoms with Crippen molar-refractivity contribution in [2.75, 3.05) is 13.7 Å². The maximum atomic E-state index is 13.3. The van der Waals surface area contributed by atoms with Crippen LogP contribution in [0, 0.1) is 12.8 Å². The van der Waals surface area contributed by atoms with Gasteiger partial charge in [0.1, 0.15) is 5.75 Å². The highest BCUT2D eigenvalue weighted by Crippen LogP contribution is 2.33. The predicted octanol–water partition coefficient (Wildman–Crippen LogP) is 4.26. The van der Waals surface area contributed by atoms with Crippen LogP contribution in [0.5, 0.6) is 5.75 Å². The molecule has 0 aliphatic heterocycles. The fraction of sp³-hybridized carbons (Fsp3) is 0.375. The summed E-state index contributed by atoms with van der Waals surface area (Å²) in [5, 5.41) is 7.56. The average Bonchev–Trinajstić information content (AvgIpc) is 3.52. The summed E-state index contributed by atoms with van der Waals surface area (Å²) in [5.74, 6) is 0.581. The van der Waals surface area contributed by atoms with Gasteiger partial charge in [0.05, 0.1) is 36.2 Å². The summed E-state index contributed by atoms with van der Waals surface area (Å²) in [6.45, 7) is 2.52. The smallest absolute Gasteiger partial charge is 0.416 e. The van der Waals surface area contributed by atoms with Crippen LogP contribution in [0.25, 0.3) is 5.69 Å². The van der Waals surface area contributed by atoms with Crippen LogP contribution in [0.4, 0.5) is 13.2 Å². The van der Waals surface area contributed by atoms with Crippen molar-refractivity contribution in [1.82, 2.24) is 20.1 Å². The monoisotopic (exact) mass is 458 g/mol. The molecule has 1 amide bonds. The first-order chi connectivity index (χ1) is 15.7. The Morgan fingerprint density at radius 3 is 2.67 bits per heavy atom. The van der Waals surface area contributed by atoms with Gasteiger partial charge in [-0.05, 0) is 67.6 Å². The Kier molecular flexibility index (Phi) is 6.40. The van der Waals surface area contributed by atoms with Crippen LogP contribution >= 0.6 is 0 Å². The number of aromatic nitrogens is 3. The van der Waals surface area contributed by atoms with Crippen molar-refractivity contribution >= 4 is 5.91 Å². The first kappa shape index (κ1) is 22.8. The lowest BCUT2D eigenvalue weighted by atomic mass is 10.0. The van der Waals surface area contributed by atoms with E-state index in [9.17, 15) is 18.0 Å². The van der Waals surface area contributed by atoms with Crippen molar-refractivity contribution in [1.29, 1.82) is 0 Å². The van der Waals surface area contributed by atoms with Gasteiger partial charge in [-0.1, -0.05) is 0 Å². The first-order valence-electron chi connectivity index (χ1n) is 10.7. The van der Waals surface area contributed by atoms with Gasteiger partial charge >= 0.3 is 6.18 Å². The Morgan fingerprint density at radius 1 is 1.21 bits per heavy atom. The molecule has 3 aromatic rings. The van der Waals surface area contributed by atoms with Gasteiger partial charge < -0.3 is 10.1 Å². The molecule has 1 saturated carbocycles. The zero-order chi connectivity index (χ0) is 23.6. The van der Waals surface area contributed by atoms with E-state index in [-0.39, 0.29) is 24.5 Å². The number of nitrogens with zero attached hydrogens (tertiary/aromatic N) is 3. The number of carbonyl (C=O) groups excluding carboxylic acids is 1. The highest BCUT2D eigenvalue weighted by Gasteiger charge is 2.31. The molecule has 1 aliphatic rings. The van der Waals surface area contributed by atoms with E-state index >= 15 is 0 Å². The summed E-state index contributed by atoms with van der Waals surface area (Å²) in [7, 11) is 1.33. The Labute approximate surface area is 189 Å². The van der Waals surface area contributed by atoms with Crippen LogP contribution in [-0.2, 0) is 23.8 Å². The number of rotatable bonds is 8. The summed E-state index contributed by atoms with van der Waals surface area (Å²) >= 11 is 0. The van der Waals surface area contributed by atoms with Crippen LogP contribution < -0.4 is 10.1 Å². The molecule has 1 N–H and O–H groups in total. The summed E-state index contributed by atoms with van der Waals surface area (Å²) in [4.78, 5) is 16.7. The second-order valence-corrected chi connectivity index (χ2v) is 8.36. The van der Waals surface area contributed by atoms with Gasteiger partial charge in [-0.25, -0.2) is 4.68 Å². The van der Waals surface area contributed by atoms with Crippen LogP contribution in [-0.4, -0.2) is 34.3 Å². The van der Waals surface area contributed by atoms with Gasteiger partial charge in [0, 0.05) is 24.9 Å². The Morgan fingerprint density at radius 2 is 2.00 bits per heavy atom. The first-order valence-corrected chi connectivity index (χ1v) is 10.7. The zero-order valence-electron chi connectivity index (χ0n) is 18.4. The maximum Gasteiger partial charge on any atom is 0.416 e. The minimum absolute atomic E-state index is 0.110. The molecule has 6 nitrogen and oxygen atoms in total. The number of ether oxygens (including phenoxy) is 1. The number of amides is 1. The van der Waals surface area contributed by atoms with Crippen molar-refractivity contribution in [3.05, 3.63) is 70.8 Å². The minimum Gasteiger partial charge on any atom is -0.497 e. The van der Waals surface area contributed by atoms with Crippen LogP contribution in [0.3, 0.4) is 0 Å². The second kappa shape index (κ2) is 9.25. The van der Waals surface area contributed by atoms with E-state index in [0.717, 1.165) is 36.4 Å². The SMILES string of the molecule is COc1cc(Cc2cc(CC(=O)NCC3CC3)n(-c3ccnc(C)c3)n2)cc(C(F)(F)F)c1. The topological polar surface area (TPSA) is 69.0 Å². The summed E-state index contributed by atoms with van der Waals surface area (Å²) in [6, 6.07) is 9.02. The molecule has 33 heavy (non-hydrogen) atoms. The van der Waals surface area contributed by atoms with E-state index in [2.05, 4.69) is 15.4 Å². The van der Waals surface area contributed by atoms with Crippen molar-refractivity contribution in [3.63, 3.8) is 0 Å². The largest absolute Gasteiger partial charge is 0.497 e. The third kappa shape index (κ3) is 5.91. The third-order valence-corrected chi connectivity index (χ3v) is 5.50. The van der Waals surface area contributed by atoms with E-state index in [1.807, 2.05) is 13.0 Å². The van der Waals surface area contributed by atoms with Gasteiger partial charge in [-0.2, -0.15) is 18.3 Å². The van der Waals surface area contributed by atoms with E-state index in [0.29, 0.717) is 29.4 Å². The van der Waals surface area contributed by atoms with Crippen LogP contribution in [0.2, 0.25) is 0 Å². The molecule has 4 rings (SSSR count). The summed E-state index contributed by atoms with van der Waals surface area (Å²) in [6.07, 6.45) is -0.276. The Hall–Kier alpha value is -3.36. The lowest BCUT2D eigenvalue weighted by molar-refractivity contribution is -0.137. The normalized spacial score (nSPS) is 13.7. The molecule has 0 saturated heterocycles. The van der Waals surface area contributed by atoms with Gasteiger partial charge in [0.15, 0.2) is 0 Å². The van der Waals surface area contributed by atoms with Crippen LogP contribution in [0.1, 0.15) is 41.1 Å². The lowest BCUT2D eigenvalue weighted by Crippen LogP contribution is -2.27. The standard InChI is InChI=1S/C24H25F3N4O2/c1-15-7-20(5-6-28-15)31-21(13-23(32)29-14-16-3-4-16)12-19(30-31)9-17-8-18(24(25,26)27)11-22(10-17)33-2/h5-8,10-12,16H,3-4,9,13-14H2,1-2H3,(H,29,32). The van der Waals surface area contributed by atoms with Crippen molar-refractivity contribution in [2.24, 2.45) is 5.92 Å². The summed E-state index contributed by atoms with van der Waals surface area (Å²) in [5.41, 5.74) is 2.37. The number of halogens is 3. The Balaban J connectivity index is 1.64. The molecule has 0 atom stereocenters. The number of carbonyl (C=O) groups is 1.